The first kappa shape index (κ1) is 13.1. The van der Waals surface area contributed by atoms with E-state index in [0.717, 1.165) is 5.69 Å². The molecule has 1 N–H and O–H groups in total. The van der Waals surface area contributed by atoms with Crippen LogP contribution in [0.15, 0.2) is 66.4 Å². The maximum absolute atomic E-state index is 12.1. The van der Waals surface area contributed by atoms with Crippen LogP contribution in [0.5, 0.6) is 0 Å². The molecule has 2 heteroatoms. The number of aryl methyl sites for hydroxylation is 1. The van der Waals surface area contributed by atoms with Crippen LogP contribution in [0.25, 0.3) is 0 Å². The predicted octanol–water partition coefficient (Wildman–Crippen LogP) is 4.19. The van der Waals surface area contributed by atoms with Gasteiger partial charge in [0, 0.05) is 23.0 Å². The zero-order valence-corrected chi connectivity index (χ0v) is 11.2. The van der Waals surface area contributed by atoms with Gasteiger partial charge in [0.25, 0.3) is 0 Å². The summed E-state index contributed by atoms with van der Waals surface area (Å²) in [5.74, 6) is 0.0419. The molecule has 96 valence electrons. The second-order valence-electron chi connectivity index (χ2n) is 4.53. The summed E-state index contributed by atoms with van der Waals surface area (Å²) in [5, 5.41) is 3.14. The van der Waals surface area contributed by atoms with Crippen LogP contribution < -0.4 is 5.32 Å². The number of nitrogens with one attached hydrogen (secondary N) is 1. The Morgan fingerprint density at radius 1 is 1.00 bits per heavy atom. The molecule has 0 fully saturated rings. The number of carbonyl (C=O) groups is 1. The van der Waals surface area contributed by atoms with Gasteiger partial charge in [0.15, 0.2) is 5.78 Å². The monoisotopic (exact) mass is 251 g/mol. The van der Waals surface area contributed by atoms with Crippen LogP contribution in [-0.4, -0.2) is 5.78 Å². The molecule has 0 spiro atoms. The fourth-order valence-electron chi connectivity index (χ4n) is 1.72. The Hall–Kier alpha value is -2.35. The number of hydrogen-bond donors (Lipinski definition) is 1. The molecule has 0 radical (unpaired) electrons. The maximum Gasteiger partial charge on any atom is 0.190 e. The van der Waals surface area contributed by atoms with E-state index in [9.17, 15) is 4.79 Å². The van der Waals surface area contributed by atoms with E-state index >= 15 is 0 Å². The molecule has 2 aromatic rings. The Labute approximate surface area is 113 Å². The van der Waals surface area contributed by atoms with Gasteiger partial charge in [0.05, 0.1) is 0 Å². The van der Waals surface area contributed by atoms with Gasteiger partial charge in [-0.25, -0.2) is 0 Å². The van der Waals surface area contributed by atoms with Crippen LogP contribution in [0.3, 0.4) is 0 Å². The topological polar surface area (TPSA) is 29.1 Å². The summed E-state index contributed by atoms with van der Waals surface area (Å²) in [4.78, 5) is 12.1. The Bertz CT molecular complexity index is 582. The lowest BCUT2D eigenvalue weighted by Crippen LogP contribution is -2.02. The average molecular weight is 251 g/mol. The first-order valence-corrected chi connectivity index (χ1v) is 6.26. The molecule has 0 amide bonds. The average Bonchev–Trinajstić information content (AvgIpc) is 2.46. The molecule has 0 saturated heterocycles. The molecule has 2 aromatic carbocycles. The van der Waals surface area contributed by atoms with Crippen molar-refractivity contribution in [3.8, 4) is 0 Å². The molecule has 19 heavy (non-hydrogen) atoms. The maximum atomic E-state index is 12.1. The van der Waals surface area contributed by atoms with Gasteiger partial charge in [-0.2, -0.15) is 0 Å². The summed E-state index contributed by atoms with van der Waals surface area (Å²) in [6.45, 7) is 3.86. The van der Waals surface area contributed by atoms with Crippen molar-refractivity contribution in [1.82, 2.24) is 0 Å². The number of benzene rings is 2. The van der Waals surface area contributed by atoms with E-state index in [4.69, 9.17) is 0 Å². The smallest absolute Gasteiger partial charge is 0.190 e. The summed E-state index contributed by atoms with van der Waals surface area (Å²) < 4.78 is 0. The molecule has 0 saturated carbocycles. The number of hydrogen-bond acceptors (Lipinski definition) is 2. The minimum Gasteiger partial charge on any atom is -0.361 e. The van der Waals surface area contributed by atoms with Crippen LogP contribution in [0.1, 0.15) is 22.8 Å². The standard InChI is InChI=1S/C17H17NO/c1-13-8-10-16(11-9-13)18-12-14(2)17(19)15-6-4-3-5-7-15/h3-12,18H,1-2H3/b14-12+. The lowest BCUT2D eigenvalue weighted by Gasteiger charge is -2.04. The Morgan fingerprint density at radius 2 is 1.63 bits per heavy atom. The van der Waals surface area contributed by atoms with Crippen molar-refractivity contribution < 1.29 is 4.79 Å². The van der Waals surface area contributed by atoms with Crippen LogP contribution >= 0.6 is 0 Å². The normalized spacial score (nSPS) is 11.2. The van der Waals surface area contributed by atoms with E-state index in [1.165, 1.54) is 5.56 Å². The Kier molecular flexibility index (Phi) is 4.14. The van der Waals surface area contributed by atoms with Gasteiger partial charge in [-0.3, -0.25) is 4.79 Å². The second-order valence-corrected chi connectivity index (χ2v) is 4.53. The van der Waals surface area contributed by atoms with Crippen LogP contribution in [0, 0.1) is 6.92 Å². The highest BCUT2D eigenvalue weighted by Gasteiger charge is 2.06. The van der Waals surface area contributed by atoms with E-state index < -0.39 is 0 Å². The molecule has 0 heterocycles. The quantitative estimate of drug-likeness (QED) is 0.652. The van der Waals surface area contributed by atoms with Crippen molar-refractivity contribution in [2.45, 2.75) is 13.8 Å². The summed E-state index contributed by atoms with van der Waals surface area (Å²) in [5.41, 5.74) is 3.59. The van der Waals surface area contributed by atoms with Gasteiger partial charge in [-0.1, -0.05) is 48.0 Å². The molecule has 0 bridgehead atoms. The van der Waals surface area contributed by atoms with Crippen LogP contribution in [0.2, 0.25) is 0 Å². The van der Waals surface area contributed by atoms with Crippen molar-refractivity contribution in [3.63, 3.8) is 0 Å². The van der Waals surface area contributed by atoms with Gasteiger partial charge >= 0.3 is 0 Å². The van der Waals surface area contributed by atoms with Crippen LogP contribution in [-0.2, 0) is 0 Å². The third-order valence-corrected chi connectivity index (χ3v) is 2.90. The largest absolute Gasteiger partial charge is 0.361 e. The zero-order chi connectivity index (χ0) is 13.7. The lowest BCUT2D eigenvalue weighted by molar-refractivity contribution is 0.103. The minimum absolute atomic E-state index is 0.0419. The van der Waals surface area contributed by atoms with E-state index in [-0.39, 0.29) is 5.78 Å². The van der Waals surface area contributed by atoms with Crippen molar-refractivity contribution in [3.05, 3.63) is 77.5 Å². The summed E-state index contributed by atoms with van der Waals surface area (Å²) in [7, 11) is 0. The third-order valence-electron chi connectivity index (χ3n) is 2.90. The molecule has 0 aromatic heterocycles. The summed E-state index contributed by atoms with van der Waals surface area (Å²) >= 11 is 0. The number of carbonyl (C=O) groups excluding carboxylic acids is 1. The van der Waals surface area contributed by atoms with Crippen molar-refractivity contribution in [2.24, 2.45) is 0 Å². The van der Waals surface area contributed by atoms with Gasteiger partial charge in [-0.15, -0.1) is 0 Å². The fraction of sp³-hybridized carbons (Fsp3) is 0.118. The highest BCUT2D eigenvalue weighted by molar-refractivity contribution is 6.08. The highest BCUT2D eigenvalue weighted by Crippen LogP contribution is 2.11. The van der Waals surface area contributed by atoms with E-state index in [1.807, 2.05) is 68.4 Å². The molecular weight excluding hydrogens is 234 g/mol. The molecule has 2 nitrogen and oxygen atoms in total. The molecule has 0 aliphatic carbocycles. The number of Topliss-reactive ketones (excluding diaryl/α,β-unsaturated/α-hetero) is 1. The Morgan fingerprint density at radius 3 is 2.26 bits per heavy atom. The Balaban J connectivity index is 2.07. The first-order chi connectivity index (χ1) is 9.16. The summed E-state index contributed by atoms with van der Waals surface area (Å²) in [6, 6.07) is 17.3. The van der Waals surface area contributed by atoms with E-state index in [0.29, 0.717) is 11.1 Å². The van der Waals surface area contributed by atoms with E-state index in [2.05, 4.69) is 5.32 Å². The molecule has 2 rings (SSSR count). The van der Waals surface area contributed by atoms with Crippen molar-refractivity contribution in [1.29, 1.82) is 0 Å². The lowest BCUT2D eigenvalue weighted by atomic mass is 10.1. The van der Waals surface area contributed by atoms with Gasteiger partial charge in [0.1, 0.15) is 0 Å². The highest BCUT2D eigenvalue weighted by atomic mass is 16.1. The summed E-state index contributed by atoms with van der Waals surface area (Å²) in [6.07, 6.45) is 1.75. The molecule has 0 unspecified atom stereocenters. The first-order valence-electron chi connectivity index (χ1n) is 6.26. The number of rotatable bonds is 4. The van der Waals surface area contributed by atoms with Crippen molar-refractivity contribution >= 4 is 11.5 Å². The molecule has 0 atom stereocenters. The van der Waals surface area contributed by atoms with Crippen LogP contribution in [0.4, 0.5) is 5.69 Å². The number of ketones is 1. The van der Waals surface area contributed by atoms with Gasteiger partial charge in [-0.05, 0) is 26.0 Å². The minimum atomic E-state index is 0.0419. The number of allylic oxidation sites excluding steroid dienone is 1. The predicted molar refractivity (Wildman–Crippen MR) is 79.3 cm³/mol. The molecular formula is C17H17NO. The second kappa shape index (κ2) is 6.01. The van der Waals surface area contributed by atoms with Gasteiger partial charge < -0.3 is 5.32 Å². The fourth-order valence-corrected chi connectivity index (χ4v) is 1.72. The van der Waals surface area contributed by atoms with E-state index in [1.54, 1.807) is 6.20 Å². The molecule has 0 aliphatic heterocycles. The zero-order valence-electron chi connectivity index (χ0n) is 11.2. The van der Waals surface area contributed by atoms with Gasteiger partial charge in [0.2, 0.25) is 0 Å². The number of anilines is 1. The third kappa shape index (κ3) is 3.55. The molecule has 0 aliphatic rings. The SMILES string of the molecule is C/C(=C\Nc1ccc(C)cc1)C(=O)c1ccccc1. The van der Waals surface area contributed by atoms with Crippen molar-refractivity contribution in [2.75, 3.05) is 5.32 Å².